The number of nitrogens with two attached hydrogens (primary N) is 1. The van der Waals surface area contributed by atoms with Gasteiger partial charge in [0.25, 0.3) is 0 Å². The molecule has 0 aromatic heterocycles. The Morgan fingerprint density at radius 1 is 1.15 bits per heavy atom. The highest BCUT2D eigenvalue weighted by Crippen LogP contribution is 2.43. The highest BCUT2D eigenvalue weighted by molar-refractivity contribution is 5.85. The van der Waals surface area contributed by atoms with Crippen LogP contribution in [0.1, 0.15) is 25.7 Å². The largest absolute Gasteiger partial charge is 0.325 e. The van der Waals surface area contributed by atoms with Crippen LogP contribution >= 0.6 is 24.8 Å². The van der Waals surface area contributed by atoms with Gasteiger partial charge in [-0.25, -0.2) is 0 Å². The molecule has 0 unspecified atom stereocenters. The van der Waals surface area contributed by atoms with E-state index in [9.17, 15) is 0 Å². The number of halogens is 2. The maximum absolute atomic E-state index is 6.15. The van der Waals surface area contributed by atoms with Crippen LogP contribution in [0.2, 0.25) is 0 Å². The fourth-order valence-corrected chi connectivity index (χ4v) is 2.14. The van der Waals surface area contributed by atoms with Crippen LogP contribution in [0.5, 0.6) is 0 Å². The molecule has 0 aromatic rings. The number of hydrogen-bond acceptors (Lipinski definition) is 2. The molecular formula is C9H20Cl2N2. The predicted molar refractivity (Wildman–Crippen MR) is 60.9 cm³/mol. The lowest BCUT2D eigenvalue weighted by molar-refractivity contribution is 0.191. The minimum Gasteiger partial charge on any atom is -0.325 e. The van der Waals surface area contributed by atoms with Crippen molar-refractivity contribution in [3.8, 4) is 0 Å². The van der Waals surface area contributed by atoms with Crippen molar-refractivity contribution in [2.75, 3.05) is 20.1 Å². The Bertz CT molecular complexity index is 152. The van der Waals surface area contributed by atoms with Crippen molar-refractivity contribution in [2.24, 2.45) is 11.7 Å². The summed E-state index contributed by atoms with van der Waals surface area (Å²) < 4.78 is 0. The molecule has 1 saturated carbocycles. The molecule has 0 aromatic carbocycles. The molecule has 1 aliphatic carbocycles. The van der Waals surface area contributed by atoms with E-state index in [1.807, 2.05) is 0 Å². The summed E-state index contributed by atoms with van der Waals surface area (Å²) in [5.74, 6) is 0.832. The zero-order valence-corrected chi connectivity index (χ0v) is 9.79. The summed E-state index contributed by atoms with van der Waals surface area (Å²) in [6.45, 7) is 2.51. The molecule has 0 bridgehead atoms. The van der Waals surface area contributed by atoms with Gasteiger partial charge in [0.2, 0.25) is 0 Å². The standard InChI is InChI=1S/C9H18N2.2ClH/c1-11-6-2-8(3-7-11)9(10)4-5-9;;/h8H,2-7,10H2,1H3;2*1H. The van der Waals surface area contributed by atoms with E-state index in [1.165, 1.54) is 38.8 Å². The predicted octanol–water partition coefficient (Wildman–Crippen LogP) is 1.66. The van der Waals surface area contributed by atoms with Crippen LogP contribution in [-0.4, -0.2) is 30.6 Å². The molecule has 4 heteroatoms. The van der Waals surface area contributed by atoms with Gasteiger partial charge in [-0.2, -0.15) is 0 Å². The second-order valence-electron chi connectivity index (χ2n) is 4.31. The molecular weight excluding hydrogens is 207 g/mol. The minimum atomic E-state index is 0. The van der Waals surface area contributed by atoms with Crippen LogP contribution in [-0.2, 0) is 0 Å². The Balaban J connectivity index is 0.000000720. The topological polar surface area (TPSA) is 29.3 Å². The van der Waals surface area contributed by atoms with Crippen molar-refractivity contribution in [1.29, 1.82) is 0 Å². The molecule has 1 heterocycles. The van der Waals surface area contributed by atoms with Gasteiger partial charge in [0, 0.05) is 5.54 Å². The first-order valence-electron chi connectivity index (χ1n) is 4.68. The molecule has 1 aliphatic heterocycles. The van der Waals surface area contributed by atoms with E-state index in [-0.39, 0.29) is 30.4 Å². The first-order chi connectivity index (χ1) is 5.21. The second kappa shape index (κ2) is 4.83. The van der Waals surface area contributed by atoms with Crippen molar-refractivity contribution in [3.63, 3.8) is 0 Å². The van der Waals surface area contributed by atoms with Crippen LogP contribution in [0, 0.1) is 5.92 Å². The summed E-state index contributed by atoms with van der Waals surface area (Å²) >= 11 is 0. The third-order valence-electron chi connectivity index (χ3n) is 3.36. The van der Waals surface area contributed by atoms with Gasteiger partial charge in [0.05, 0.1) is 0 Å². The fourth-order valence-electron chi connectivity index (χ4n) is 2.14. The number of likely N-dealkylation sites (tertiary alicyclic amines) is 1. The van der Waals surface area contributed by atoms with Gasteiger partial charge in [0.1, 0.15) is 0 Å². The van der Waals surface area contributed by atoms with E-state index >= 15 is 0 Å². The molecule has 1 saturated heterocycles. The van der Waals surface area contributed by atoms with Crippen molar-refractivity contribution >= 4 is 24.8 Å². The quantitative estimate of drug-likeness (QED) is 0.738. The highest BCUT2D eigenvalue weighted by atomic mass is 35.5. The van der Waals surface area contributed by atoms with Gasteiger partial charge in [0.15, 0.2) is 0 Å². The Morgan fingerprint density at radius 2 is 1.62 bits per heavy atom. The van der Waals surface area contributed by atoms with E-state index in [0.717, 1.165) is 5.92 Å². The van der Waals surface area contributed by atoms with Crippen LogP contribution in [0.15, 0.2) is 0 Å². The molecule has 0 spiro atoms. The van der Waals surface area contributed by atoms with Gasteiger partial charge in [-0.3, -0.25) is 0 Å². The van der Waals surface area contributed by atoms with Gasteiger partial charge in [-0.15, -0.1) is 24.8 Å². The Hall–Kier alpha value is 0.500. The molecule has 2 fully saturated rings. The summed E-state index contributed by atoms with van der Waals surface area (Å²) in [5.41, 5.74) is 6.43. The SMILES string of the molecule is CN1CCC(C2(N)CC2)CC1.Cl.Cl. The third-order valence-corrected chi connectivity index (χ3v) is 3.36. The first-order valence-corrected chi connectivity index (χ1v) is 4.68. The van der Waals surface area contributed by atoms with Gasteiger partial charge >= 0.3 is 0 Å². The molecule has 2 N–H and O–H groups in total. The minimum absolute atomic E-state index is 0. The number of piperidine rings is 1. The maximum atomic E-state index is 6.15. The van der Waals surface area contributed by atoms with Crippen LogP contribution in [0.3, 0.4) is 0 Å². The van der Waals surface area contributed by atoms with Gasteiger partial charge in [-0.05, 0) is 51.7 Å². The molecule has 0 amide bonds. The average molecular weight is 227 g/mol. The average Bonchev–Trinajstić information content (AvgIpc) is 2.70. The summed E-state index contributed by atoms with van der Waals surface area (Å²) in [7, 11) is 2.20. The van der Waals surface area contributed by atoms with E-state index in [0.29, 0.717) is 0 Å². The summed E-state index contributed by atoms with van der Waals surface area (Å²) in [6, 6.07) is 0. The van der Waals surface area contributed by atoms with Crippen LogP contribution < -0.4 is 5.73 Å². The number of hydrogen-bond donors (Lipinski definition) is 1. The fraction of sp³-hybridized carbons (Fsp3) is 1.00. The maximum Gasteiger partial charge on any atom is 0.0185 e. The molecule has 13 heavy (non-hydrogen) atoms. The van der Waals surface area contributed by atoms with Gasteiger partial charge < -0.3 is 10.6 Å². The Kier molecular flexibility index (Phi) is 5.02. The van der Waals surface area contributed by atoms with Crippen molar-refractivity contribution in [1.82, 2.24) is 4.90 Å². The van der Waals surface area contributed by atoms with E-state index in [4.69, 9.17) is 5.73 Å². The molecule has 80 valence electrons. The van der Waals surface area contributed by atoms with E-state index in [1.54, 1.807) is 0 Å². The van der Waals surface area contributed by atoms with Crippen molar-refractivity contribution in [3.05, 3.63) is 0 Å². The second-order valence-corrected chi connectivity index (χ2v) is 4.31. The highest BCUT2D eigenvalue weighted by Gasteiger charge is 2.45. The molecule has 2 rings (SSSR count). The number of rotatable bonds is 1. The molecule has 2 aliphatic rings. The van der Waals surface area contributed by atoms with Crippen molar-refractivity contribution < 1.29 is 0 Å². The molecule has 0 radical (unpaired) electrons. The normalized spacial score (nSPS) is 27.2. The monoisotopic (exact) mass is 226 g/mol. The third kappa shape index (κ3) is 2.98. The Morgan fingerprint density at radius 3 is 2.00 bits per heavy atom. The Labute approximate surface area is 93.1 Å². The molecule has 2 nitrogen and oxygen atoms in total. The summed E-state index contributed by atoms with van der Waals surface area (Å²) in [4.78, 5) is 2.41. The summed E-state index contributed by atoms with van der Waals surface area (Å²) in [5, 5.41) is 0. The lowest BCUT2D eigenvalue weighted by Gasteiger charge is -2.32. The lowest BCUT2D eigenvalue weighted by Crippen LogP contribution is -2.40. The smallest absolute Gasteiger partial charge is 0.0185 e. The van der Waals surface area contributed by atoms with Gasteiger partial charge in [-0.1, -0.05) is 0 Å². The van der Waals surface area contributed by atoms with E-state index < -0.39 is 0 Å². The first kappa shape index (κ1) is 13.5. The summed E-state index contributed by atoms with van der Waals surface area (Å²) in [6.07, 6.45) is 5.21. The van der Waals surface area contributed by atoms with Crippen LogP contribution in [0.4, 0.5) is 0 Å². The van der Waals surface area contributed by atoms with E-state index in [2.05, 4.69) is 11.9 Å². The van der Waals surface area contributed by atoms with Crippen molar-refractivity contribution in [2.45, 2.75) is 31.2 Å². The number of nitrogens with zero attached hydrogens (tertiary/aromatic N) is 1. The lowest BCUT2D eigenvalue weighted by atomic mass is 9.88. The molecule has 0 atom stereocenters. The zero-order valence-electron chi connectivity index (χ0n) is 8.16. The van der Waals surface area contributed by atoms with Crippen LogP contribution in [0.25, 0.3) is 0 Å². The zero-order chi connectivity index (χ0) is 7.90.